The third-order valence-electron chi connectivity index (χ3n) is 3.23. The summed E-state index contributed by atoms with van der Waals surface area (Å²) in [6.07, 6.45) is -2.61. The maximum Gasteiger partial charge on any atom is 0.373 e. The normalized spacial score (nSPS) is 10.9. The lowest BCUT2D eigenvalue weighted by Gasteiger charge is -2.18. The van der Waals surface area contributed by atoms with Crippen LogP contribution >= 0.6 is 0 Å². The van der Waals surface area contributed by atoms with E-state index in [-0.39, 0.29) is 12.5 Å². The number of benzene rings is 2. The third kappa shape index (κ3) is 4.38. The van der Waals surface area contributed by atoms with E-state index < -0.39 is 12.4 Å². The van der Waals surface area contributed by atoms with Gasteiger partial charge in [-0.3, -0.25) is 0 Å². The second kappa shape index (κ2) is 7.53. The van der Waals surface area contributed by atoms with Crippen LogP contribution in [0.15, 0.2) is 60.7 Å². The number of rotatable bonds is 6. The first kappa shape index (κ1) is 15.2. The van der Waals surface area contributed by atoms with Gasteiger partial charge in [0.05, 0.1) is 6.61 Å². The molecule has 110 valence electrons. The fourth-order valence-electron chi connectivity index (χ4n) is 2.24. The Morgan fingerprint density at radius 1 is 0.905 bits per heavy atom. The summed E-state index contributed by atoms with van der Waals surface area (Å²) in [5, 5.41) is 0. The van der Waals surface area contributed by atoms with Crippen LogP contribution in [0.2, 0.25) is 0 Å². The summed E-state index contributed by atoms with van der Waals surface area (Å²) in [5.41, 5.74) is 2.13. The zero-order valence-corrected chi connectivity index (χ0v) is 11.4. The van der Waals surface area contributed by atoms with Crippen molar-refractivity contribution in [2.45, 2.75) is 18.8 Å². The van der Waals surface area contributed by atoms with Crippen molar-refractivity contribution < 1.29 is 18.3 Å². The van der Waals surface area contributed by atoms with Gasteiger partial charge in [-0.05, 0) is 17.5 Å². The quantitative estimate of drug-likeness (QED) is 0.751. The predicted octanol–water partition coefficient (Wildman–Crippen LogP) is 4.02. The van der Waals surface area contributed by atoms with Crippen LogP contribution in [0.4, 0.5) is 8.78 Å². The highest BCUT2D eigenvalue weighted by Crippen LogP contribution is 2.27. The van der Waals surface area contributed by atoms with Gasteiger partial charge in [-0.2, -0.15) is 8.78 Å². The lowest BCUT2D eigenvalue weighted by atomic mass is 9.89. The molecule has 0 atom stereocenters. The monoisotopic (exact) mass is 290 g/mol. The van der Waals surface area contributed by atoms with Gasteiger partial charge < -0.3 is 4.74 Å². The SMILES string of the molecule is O=C(OCCC(c1ccccc1)c1ccccc1)C(F)F. The first-order valence-corrected chi connectivity index (χ1v) is 6.73. The van der Waals surface area contributed by atoms with Crippen molar-refractivity contribution in [1.29, 1.82) is 0 Å². The van der Waals surface area contributed by atoms with Crippen LogP contribution in [0, 0.1) is 0 Å². The maximum atomic E-state index is 12.1. The molecule has 0 saturated heterocycles. The second-order valence-corrected chi connectivity index (χ2v) is 4.63. The number of halogens is 2. The number of hydrogen-bond donors (Lipinski definition) is 0. The van der Waals surface area contributed by atoms with Crippen LogP contribution in [0.3, 0.4) is 0 Å². The Morgan fingerprint density at radius 2 is 1.38 bits per heavy atom. The topological polar surface area (TPSA) is 26.3 Å². The van der Waals surface area contributed by atoms with Gasteiger partial charge in [-0.25, -0.2) is 4.79 Å². The van der Waals surface area contributed by atoms with Crippen molar-refractivity contribution in [3.8, 4) is 0 Å². The Morgan fingerprint density at radius 3 is 1.81 bits per heavy atom. The Hall–Kier alpha value is -2.23. The van der Waals surface area contributed by atoms with Gasteiger partial charge in [-0.1, -0.05) is 60.7 Å². The minimum atomic E-state index is -3.07. The summed E-state index contributed by atoms with van der Waals surface area (Å²) in [5.74, 6) is -1.45. The Labute approximate surface area is 122 Å². The molecular weight excluding hydrogens is 274 g/mol. The van der Waals surface area contributed by atoms with E-state index in [9.17, 15) is 13.6 Å². The van der Waals surface area contributed by atoms with Gasteiger partial charge >= 0.3 is 12.4 Å². The van der Waals surface area contributed by atoms with E-state index in [0.717, 1.165) is 11.1 Å². The van der Waals surface area contributed by atoms with Gasteiger partial charge in [0.2, 0.25) is 0 Å². The van der Waals surface area contributed by atoms with E-state index in [4.69, 9.17) is 0 Å². The van der Waals surface area contributed by atoms with Crippen LogP contribution in [-0.4, -0.2) is 19.0 Å². The highest BCUT2D eigenvalue weighted by Gasteiger charge is 2.19. The molecule has 0 aromatic heterocycles. The van der Waals surface area contributed by atoms with Gasteiger partial charge in [-0.15, -0.1) is 0 Å². The van der Waals surface area contributed by atoms with Gasteiger partial charge in [0.15, 0.2) is 0 Å². The molecule has 2 nitrogen and oxygen atoms in total. The largest absolute Gasteiger partial charge is 0.461 e. The molecular formula is C17H16F2O2. The molecule has 0 amide bonds. The van der Waals surface area contributed by atoms with Crippen molar-refractivity contribution in [2.75, 3.05) is 6.61 Å². The van der Waals surface area contributed by atoms with E-state index in [1.54, 1.807) is 0 Å². The molecule has 0 aliphatic carbocycles. The predicted molar refractivity (Wildman–Crippen MR) is 76.3 cm³/mol. The highest BCUT2D eigenvalue weighted by atomic mass is 19.3. The number of esters is 1. The second-order valence-electron chi connectivity index (χ2n) is 4.63. The minimum Gasteiger partial charge on any atom is -0.461 e. The lowest BCUT2D eigenvalue weighted by molar-refractivity contribution is -0.156. The van der Waals surface area contributed by atoms with E-state index in [1.807, 2.05) is 60.7 Å². The minimum absolute atomic E-state index is 0.0119. The van der Waals surface area contributed by atoms with Crippen molar-refractivity contribution in [3.63, 3.8) is 0 Å². The molecule has 0 fully saturated rings. The fourth-order valence-corrected chi connectivity index (χ4v) is 2.24. The maximum absolute atomic E-state index is 12.1. The first-order chi connectivity index (χ1) is 10.2. The Kier molecular flexibility index (Phi) is 5.43. The van der Waals surface area contributed by atoms with Crippen molar-refractivity contribution in [3.05, 3.63) is 71.8 Å². The summed E-state index contributed by atoms with van der Waals surface area (Å²) in [6, 6.07) is 19.5. The molecule has 2 aromatic rings. The van der Waals surface area contributed by atoms with Crippen molar-refractivity contribution in [2.24, 2.45) is 0 Å². The molecule has 0 spiro atoms. The number of carbonyl (C=O) groups is 1. The fraction of sp³-hybridized carbons (Fsp3) is 0.235. The molecule has 0 unspecified atom stereocenters. The Balaban J connectivity index is 2.09. The van der Waals surface area contributed by atoms with Gasteiger partial charge in [0.25, 0.3) is 0 Å². The molecule has 0 N–H and O–H groups in total. The molecule has 2 aromatic carbocycles. The standard InChI is InChI=1S/C17H16F2O2/c18-16(19)17(20)21-12-11-15(13-7-3-1-4-8-13)14-9-5-2-6-10-14/h1-10,15-16H,11-12H2. The van der Waals surface area contributed by atoms with Crippen molar-refractivity contribution >= 4 is 5.97 Å². The van der Waals surface area contributed by atoms with Crippen LogP contribution in [-0.2, 0) is 9.53 Å². The van der Waals surface area contributed by atoms with E-state index in [0.29, 0.717) is 6.42 Å². The van der Waals surface area contributed by atoms with Gasteiger partial charge in [0.1, 0.15) is 0 Å². The van der Waals surface area contributed by atoms with Crippen LogP contribution in [0.25, 0.3) is 0 Å². The number of hydrogen-bond acceptors (Lipinski definition) is 2. The summed E-state index contributed by atoms with van der Waals surface area (Å²) >= 11 is 0. The highest BCUT2D eigenvalue weighted by molar-refractivity contribution is 5.72. The molecule has 0 aliphatic heterocycles. The molecule has 0 aliphatic rings. The molecule has 0 radical (unpaired) electrons. The summed E-state index contributed by atoms with van der Waals surface area (Å²) < 4.78 is 28.8. The average Bonchev–Trinajstić information content (AvgIpc) is 2.53. The van der Waals surface area contributed by atoms with Crippen LogP contribution < -0.4 is 0 Å². The molecule has 2 rings (SSSR count). The van der Waals surface area contributed by atoms with Crippen molar-refractivity contribution in [1.82, 2.24) is 0 Å². The lowest BCUT2D eigenvalue weighted by Crippen LogP contribution is -2.16. The van der Waals surface area contributed by atoms with E-state index in [1.165, 1.54) is 0 Å². The average molecular weight is 290 g/mol. The molecule has 0 heterocycles. The summed E-state index contributed by atoms with van der Waals surface area (Å²) in [4.78, 5) is 10.8. The first-order valence-electron chi connectivity index (χ1n) is 6.73. The molecule has 0 bridgehead atoms. The van der Waals surface area contributed by atoms with Crippen LogP contribution in [0.5, 0.6) is 0 Å². The molecule has 4 heteroatoms. The summed E-state index contributed by atoms with van der Waals surface area (Å²) in [7, 11) is 0. The van der Waals surface area contributed by atoms with E-state index in [2.05, 4.69) is 4.74 Å². The number of carbonyl (C=O) groups excluding carboxylic acids is 1. The smallest absolute Gasteiger partial charge is 0.373 e. The Bertz CT molecular complexity index is 516. The van der Waals surface area contributed by atoms with Gasteiger partial charge in [0, 0.05) is 5.92 Å². The summed E-state index contributed by atoms with van der Waals surface area (Å²) in [6.45, 7) is -0.0301. The molecule has 0 saturated carbocycles. The number of alkyl halides is 2. The zero-order valence-electron chi connectivity index (χ0n) is 11.4. The molecule has 21 heavy (non-hydrogen) atoms. The third-order valence-corrected chi connectivity index (χ3v) is 3.23. The number of ether oxygens (including phenoxy) is 1. The zero-order chi connectivity index (χ0) is 15.1. The van der Waals surface area contributed by atoms with E-state index >= 15 is 0 Å². The van der Waals surface area contributed by atoms with Crippen LogP contribution in [0.1, 0.15) is 23.5 Å².